The zero-order valence-electron chi connectivity index (χ0n) is 9.92. The number of ether oxygens (including phenoxy) is 1. The summed E-state index contributed by atoms with van der Waals surface area (Å²) in [6.07, 6.45) is -3.17. The van der Waals surface area contributed by atoms with Gasteiger partial charge in [0, 0.05) is 16.8 Å². The van der Waals surface area contributed by atoms with E-state index in [4.69, 9.17) is 4.74 Å². The Morgan fingerprint density at radius 3 is 2.89 bits per heavy atom. The molecule has 0 bridgehead atoms. The van der Waals surface area contributed by atoms with Crippen molar-refractivity contribution in [1.82, 2.24) is 5.32 Å². The molecule has 0 saturated heterocycles. The Hall–Kier alpha value is -1.08. The van der Waals surface area contributed by atoms with Crippen LogP contribution in [0.1, 0.15) is 29.4 Å². The molecule has 3 rings (SSSR count). The van der Waals surface area contributed by atoms with Crippen LogP contribution in [-0.2, 0) is 14.9 Å². The first-order valence-corrected chi connectivity index (χ1v) is 6.85. The van der Waals surface area contributed by atoms with Crippen molar-refractivity contribution in [1.29, 1.82) is 0 Å². The van der Waals surface area contributed by atoms with Crippen molar-refractivity contribution in [3.8, 4) is 0 Å². The number of hydrogen-bond acceptors (Lipinski definition) is 3. The van der Waals surface area contributed by atoms with Crippen molar-refractivity contribution in [2.24, 2.45) is 0 Å². The number of rotatable bonds is 2. The summed E-state index contributed by atoms with van der Waals surface area (Å²) in [6.45, 7) is 0.394. The maximum atomic E-state index is 12.1. The van der Waals surface area contributed by atoms with Crippen molar-refractivity contribution in [3.05, 3.63) is 21.9 Å². The van der Waals surface area contributed by atoms with Gasteiger partial charge >= 0.3 is 12.1 Å². The number of carbonyl (C=O) groups is 1. The van der Waals surface area contributed by atoms with Gasteiger partial charge < -0.3 is 10.1 Å². The highest BCUT2D eigenvalue weighted by molar-refractivity contribution is 7.10. The minimum atomic E-state index is -4.84. The molecule has 1 aliphatic heterocycles. The van der Waals surface area contributed by atoms with E-state index in [2.05, 4.69) is 0 Å². The molecule has 1 aromatic heterocycles. The van der Waals surface area contributed by atoms with E-state index in [1.807, 2.05) is 16.8 Å². The van der Waals surface area contributed by atoms with Gasteiger partial charge in [0.15, 0.2) is 0 Å². The Morgan fingerprint density at radius 2 is 2.26 bits per heavy atom. The fourth-order valence-corrected chi connectivity index (χ4v) is 3.60. The van der Waals surface area contributed by atoms with E-state index in [0.29, 0.717) is 6.61 Å². The summed E-state index contributed by atoms with van der Waals surface area (Å²) >= 11 is 1.62. The molecule has 0 radical (unpaired) electrons. The second kappa shape index (κ2) is 4.21. The molecule has 1 saturated carbocycles. The minimum Gasteiger partial charge on any atom is -0.371 e. The van der Waals surface area contributed by atoms with E-state index in [1.165, 1.54) is 4.88 Å². The van der Waals surface area contributed by atoms with E-state index in [1.54, 1.807) is 11.3 Å². The fourth-order valence-electron chi connectivity index (χ4n) is 2.40. The highest BCUT2D eigenvalue weighted by atomic mass is 32.1. The molecule has 0 aromatic carbocycles. The quantitative estimate of drug-likeness (QED) is 0.909. The normalized spacial score (nSPS) is 24.1. The van der Waals surface area contributed by atoms with Crippen LogP contribution in [0, 0.1) is 0 Å². The predicted octanol–water partition coefficient (Wildman–Crippen LogP) is 2.53. The van der Waals surface area contributed by atoms with Crippen LogP contribution in [0.25, 0.3) is 0 Å². The smallest absolute Gasteiger partial charge is 0.371 e. The highest BCUT2D eigenvalue weighted by Crippen LogP contribution is 2.55. The first-order valence-electron chi connectivity index (χ1n) is 5.97. The summed E-state index contributed by atoms with van der Waals surface area (Å²) in [7, 11) is 0. The van der Waals surface area contributed by atoms with Crippen LogP contribution in [0.2, 0.25) is 0 Å². The zero-order chi connectivity index (χ0) is 13.7. The summed E-state index contributed by atoms with van der Waals surface area (Å²) < 4.78 is 42.0. The van der Waals surface area contributed by atoms with Gasteiger partial charge in [-0.3, -0.25) is 4.79 Å². The third kappa shape index (κ3) is 2.25. The topological polar surface area (TPSA) is 38.3 Å². The average Bonchev–Trinajstić information content (AvgIpc) is 2.93. The predicted molar refractivity (Wildman–Crippen MR) is 63.0 cm³/mol. The summed E-state index contributed by atoms with van der Waals surface area (Å²) in [4.78, 5) is 12.0. The van der Waals surface area contributed by atoms with Gasteiger partial charge in [-0.15, -0.1) is 11.3 Å². The molecular formula is C12H12F3NO2S. The summed E-state index contributed by atoms with van der Waals surface area (Å²) in [5.74, 6) is -1.92. The van der Waals surface area contributed by atoms with Gasteiger partial charge in [0.05, 0.1) is 6.61 Å². The zero-order valence-corrected chi connectivity index (χ0v) is 10.7. The Balaban J connectivity index is 1.69. The van der Waals surface area contributed by atoms with Gasteiger partial charge in [-0.2, -0.15) is 13.2 Å². The average molecular weight is 291 g/mol. The number of carbonyl (C=O) groups excluding carboxylic acids is 1. The molecule has 1 aromatic rings. The van der Waals surface area contributed by atoms with Gasteiger partial charge in [0.25, 0.3) is 0 Å². The highest BCUT2D eigenvalue weighted by Gasteiger charge is 2.50. The Labute approximate surface area is 111 Å². The van der Waals surface area contributed by atoms with Crippen LogP contribution in [0.15, 0.2) is 11.4 Å². The molecule has 1 unspecified atom stereocenters. The number of halogens is 3. The van der Waals surface area contributed by atoms with Gasteiger partial charge in [-0.05, 0) is 29.9 Å². The van der Waals surface area contributed by atoms with E-state index >= 15 is 0 Å². The monoisotopic (exact) mass is 291 g/mol. The van der Waals surface area contributed by atoms with Crippen molar-refractivity contribution in [2.45, 2.75) is 30.5 Å². The molecule has 7 heteroatoms. The lowest BCUT2D eigenvalue weighted by molar-refractivity contribution is -0.174. The third-order valence-electron chi connectivity index (χ3n) is 3.64. The summed E-state index contributed by atoms with van der Waals surface area (Å²) in [5.41, 5.74) is 1.03. The van der Waals surface area contributed by atoms with Gasteiger partial charge in [0.2, 0.25) is 0 Å². The molecule has 1 spiro atoms. The van der Waals surface area contributed by atoms with Crippen LogP contribution < -0.4 is 5.32 Å². The summed E-state index contributed by atoms with van der Waals surface area (Å²) in [5, 5.41) is 3.82. The number of fused-ring (bicyclic) bond motifs is 2. The molecule has 1 aliphatic carbocycles. The molecular weight excluding hydrogens is 279 g/mol. The van der Waals surface area contributed by atoms with Crippen molar-refractivity contribution in [2.75, 3.05) is 13.2 Å². The van der Waals surface area contributed by atoms with E-state index in [-0.39, 0.29) is 12.0 Å². The molecule has 1 fully saturated rings. The standard InChI is InChI=1S/C12H12F3NO2S/c13-12(14,15)10(17)16-5-8-7-1-4-19-9(7)11(2-3-11)6-18-8/h1,4,8H,2-3,5-6H2,(H,16,17). The molecule has 2 aliphatic rings. The van der Waals surface area contributed by atoms with Gasteiger partial charge in [0.1, 0.15) is 6.10 Å². The lowest BCUT2D eigenvalue weighted by atomic mass is 9.96. The lowest BCUT2D eigenvalue weighted by Crippen LogP contribution is -2.40. The Morgan fingerprint density at radius 1 is 1.53 bits per heavy atom. The van der Waals surface area contributed by atoms with Crippen LogP contribution in [-0.4, -0.2) is 25.2 Å². The molecule has 2 heterocycles. The molecule has 19 heavy (non-hydrogen) atoms. The van der Waals surface area contributed by atoms with E-state index in [0.717, 1.165) is 18.4 Å². The van der Waals surface area contributed by atoms with Crippen molar-refractivity contribution < 1.29 is 22.7 Å². The number of hydrogen-bond donors (Lipinski definition) is 1. The maximum Gasteiger partial charge on any atom is 0.471 e. The molecule has 1 atom stereocenters. The molecule has 3 nitrogen and oxygen atoms in total. The largest absolute Gasteiger partial charge is 0.471 e. The van der Waals surface area contributed by atoms with Crippen molar-refractivity contribution in [3.63, 3.8) is 0 Å². The van der Waals surface area contributed by atoms with Gasteiger partial charge in [-0.1, -0.05) is 0 Å². The number of amides is 1. The lowest BCUT2D eigenvalue weighted by Gasteiger charge is -2.29. The SMILES string of the molecule is O=C(NCC1OCC2(CC2)c2sccc21)C(F)(F)F. The van der Waals surface area contributed by atoms with Crippen LogP contribution in [0.4, 0.5) is 13.2 Å². The first-order chi connectivity index (χ1) is 8.92. The van der Waals surface area contributed by atoms with Gasteiger partial charge in [-0.25, -0.2) is 0 Å². The molecule has 1 N–H and O–H groups in total. The first kappa shape index (κ1) is 12.9. The maximum absolute atomic E-state index is 12.1. The van der Waals surface area contributed by atoms with Crippen LogP contribution in [0.3, 0.4) is 0 Å². The van der Waals surface area contributed by atoms with Crippen LogP contribution >= 0.6 is 11.3 Å². The number of alkyl halides is 3. The fraction of sp³-hybridized carbons (Fsp3) is 0.583. The van der Waals surface area contributed by atoms with Crippen LogP contribution in [0.5, 0.6) is 0 Å². The second-order valence-electron chi connectivity index (χ2n) is 4.99. The third-order valence-corrected chi connectivity index (χ3v) is 4.82. The minimum absolute atomic E-state index is 0.105. The Bertz CT molecular complexity index is 507. The number of nitrogens with one attached hydrogen (secondary N) is 1. The molecule has 1 amide bonds. The second-order valence-corrected chi connectivity index (χ2v) is 5.91. The molecule has 104 valence electrons. The Kier molecular flexibility index (Phi) is 2.86. The van der Waals surface area contributed by atoms with E-state index < -0.39 is 18.2 Å². The number of thiophene rings is 1. The van der Waals surface area contributed by atoms with Crippen molar-refractivity contribution >= 4 is 17.2 Å². The summed E-state index contributed by atoms with van der Waals surface area (Å²) in [6, 6.07) is 1.88. The van der Waals surface area contributed by atoms with E-state index in [9.17, 15) is 18.0 Å².